The highest BCUT2D eigenvalue weighted by Crippen LogP contribution is 2.41. The molecule has 1 aromatic heterocycles. The average molecular weight is 597 g/mol. The standard InChI is InChI=1S/C30H27F7N2OS/c1-17-11-22(31)5-6-23(17)24-15-25(18-7-9-41-10-8-18)38-16-26(24)39(4)27(40)28(2,3)19-12-20(29(32,33)34)14-21(13-19)30(35,36)37/h5-7,11-16H,8-10H2,1-4H3. The van der Waals surface area contributed by atoms with Crippen LogP contribution in [0, 0.1) is 12.7 Å². The van der Waals surface area contributed by atoms with Gasteiger partial charge in [0, 0.05) is 18.4 Å². The van der Waals surface area contributed by atoms with Crippen LogP contribution in [0.2, 0.25) is 0 Å². The Morgan fingerprint density at radius 1 is 0.902 bits per heavy atom. The van der Waals surface area contributed by atoms with Crippen molar-refractivity contribution in [3.05, 3.63) is 88.5 Å². The lowest BCUT2D eigenvalue weighted by molar-refractivity contribution is -0.143. The maximum Gasteiger partial charge on any atom is 0.416 e. The molecule has 0 saturated heterocycles. The normalized spacial score (nSPS) is 14.6. The van der Waals surface area contributed by atoms with Crippen LogP contribution >= 0.6 is 11.8 Å². The van der Waals surface area contributed by atoms with Gasteiger partial charge in [-0.1, -0.05) is 12.1 Å². The fourth-order valence-corrected chi connectivity index (χ4v) is 5.61. The number of aromatic nitrogens is 1. The first-order valence-corrected chi connectivity index (χ1v) is 13.8. The average Bonchev–Trinajstić information content (AvgIpc) is 2.91. The number of aryl methyl sites for hydroxylation is 1. The van der Waals surface area contributed by atoms with Gasteiger partial charge in [-0.05, 0) is 91.6 Å². The number of benzene rings is 2. The third-order valence-corrected chi connectivity index (χ3v) is 8.06. The molecule has 218 valence electrons. The highest BCUT2D eigenvalue weighted by Gasteiger charge is 2.41. The van der Waals surface area contributed by atoms with Crippen LogP contribution in [0.25, 0.3) is 16.7 Å². The lowest BCUT2D eigenvalue weighted by atomic mass is 9.81. The van der Waals surface area contributed by atoms with Crippen LogP contribution in [-0.4, -0.2) is 29.4 Å². The van der Waals surface area contributed by atoms with Gasteiger partial charge >= 0.3 is 12.4 Å². The summed E-state index contributed by atoms with van der Waals surface area (Å²) in [5.74, 6) is 0.509. The zero-order valence-corrected chi connectivity index (χ0v) is 23.5. The van der Waals surface area contributed by atoms with E-state index in [0.717, 1.165) is 23.5 Å². The summed E-state index contributed by atoms with van der Waals surface area (Å²) in [5.41, 5.74) is -1.59. The minimum absolute atomic E-state index is 0.0320. The maximum absolute atomic E-state index is 13.9. The van der Waals surface area contributed by atoms with E-state index in [4.69, 9.17) is 0 Å². The summed E-state index contributed by atoms with van der Waals surface area (Å²) >= 11 is 1.78. The third kappa shape index (κ3) is 6.45. The van der Waals surface area contributed by atoms with Crippen LogP contribution in [0.4, 0.5) is 36.4 Å². The molecule has 0 bridgehead atoms. The Balaban J connectivity index is 1.84. The molecule has 0 aliphatic carbocycles. The summed E-state index contributed by atoms with van der Waals surface area (Å²) in [4.78, 5) is 19.6. The van der Waals surface area contributed by atoms with E-state index in [1.165, 1.54) is 44.1 Å². The number of halogens is 7. The molecule has 1 aliphatic heterocycles. The molecule has 2 aromatic carbocycles. The molecule has 11 heteroatoms. The molecule has 0 N–H and O–H groups in total. The van der Waals surface area contributed by atoms with E-state index in [-0.39, 0.29) is 11.8 Å². The molecular formula is C30H27F7N2OS. The van der Waals surface area contributed by atoms with Gasteiger partial charge in [0.25, 0.3) is 0 Å². The predicted molar refractivity (Wildman–Crippen MR) is 147 cm³/mol. The second-order valence-corrected chi connectivity index (χ2v) is 11.5. The highest BCUT2D eigenvalue weighted by atomic mass is 32.2. The fraction of sp³-hybridized carbons (Fsp3) is 0.333. The van der Waals surface area contributed by atoms with E-state index in [2.05, 4.69) is 11.1 Å². The molecule has 3 nitrogen and oxygen atoms in total. The molecule has 0 spiro atoms. The molecular weight excluding hydrogens is 569 g/mol. The number of nitrogens with zero attached hydrogens (tertiary/aromatic N) is 2. The summed E-state index contributed by atoms with van der Waals surface area (Å²) in [7, 11) is 1.39. The molecule has 0 atom stereocenters. The molecule has 41 heavy (non-hydrogen) atoms. The molecule has 0 unspecified atom stereocenters. The van der Waals surface area contributed by atoms with Crippen LogP contribution in [-0.2, 0) is 22.6 Å². The lowest BCUT2D eigenvalue weighted by Gasteiger charge is -2.32. The first-order valence-electron chi connectivity index (χ1n) is 12.6. The molecule has 1 amide bonds. The molecule has 2 heterocycles. The van der Waals surface area contributed by atoms with E-state index >= 15 is 0 Å². The number of allylic oxidation sites excluding steroid dienone is 1. The van der Waals surface area contributed by atoms with Crippen molar-refractivity contribution in [2.45, 2.75) is 45.0 Å². The number of hydrogen-bond acceptors (Lipinski definition) is 3. The first-order chi connectivity index (χ1) is 19.0. The number of thioether (sulfide) groups is 1. The van der Waals surface area contributed by atoms with Crippen molar-refractivity contribution in [3.63, 3.8) is 0 Å². The Morgan fingerprint density at radius 3 is 2.05 bits per heavy atom. The number of rotatable bonds is 5. The quantitative estimate of drug-likeness (QED) is 0.276. The molecule has 1 aliphatic rings. The molecule has 0 radical (unpaired) electrons. The van der Waals surface area contributed by atoms with E-state index in [9.17, 15) is 35.5 Å². The number of pyridine rings is 1. The van der Waals surface area contributed by atoms with Gasteiger partial charge in [0.2, 0.25) is 5.91 Å². The smallest absolute Gasteiger partial charge is 0.313 e. The number of likely N-dealkylation sites (N-methyl/N-ethyl adjacent to an activating group) is 1. The van der Waals surface area contributed by atoms with Crippen molar-refractivity contribution in [1.29, 1.82) is 0 Å². The number of carbonyl (C=O) groups is 1. The number of hydrogen-bond donors (Lipinski definition) is 0. The van der Waals surface area contributed by atoms with E-state index < -0.39 is 46.2 Å². The van der Waals surface area contributed by atoms with Gasteiger partial charge in [-0.3, -0.25) is 9.78 Å². The number of anilines is 1. The van der Waals surface area contributed by atoms with Gasteiger partial charge in [-0.15, -0.1) is 0 Å². The Labute approximate surface area is 237 Å². The van der Waals surface area contributed by atoms with Crippen LogP contribution in [0.3, 0.4) is 0 Å². The summed E-state index contributed by atoms with van der Waals surface area (Å²) in [6.45, 7) is 4.25. The van der Waals surface area contributed by atoms with Crippen molar-refractivity contribution in [2.24, 2.45) is 0 Å². The largest absolute Gasteiger partial charge is 0.416 e. The first kappa shape index (κ1) is 30.6. The Morgan fingerprint density at radius 2 is 1.51 bits per heavy atom. The monoisotopic (exact) mass is 596 g/mol. The Kier molecular flexibility index (Phi) is 8.33. The highest BCUT2D eigenvalue weighted by molar-refractivity contribution is 7.99. The number of carbonyl (C=O) groups excluding carboxylic acids is 1. The van der Waals surface area contributed by atoms with Crippen molar-refractivity contribution >= 4 is 28.9 Å². The summed E-state index contributed by atoms with van der Waals surface area (Å²) in [6, 6.07) is 7.12. The zero-order chi connectivity index (χ0) is 30.3. The second kappa shape index (κ2) is 11.2. The predicted octanol–water partition coefficient (Wildman–Crippen LogP) is 8.69. The van der Waals surface area contributed by atoms with Gasteiger partial charge in [0.05, 0.1) is 34.1 Å². The Bertz CT molecular complexity index is 1480. The second-order valence-electron chi connectivity index (χ2n) is 10.4. The Hall–Kier alpha value is -3.34. The SMILES string of the molecule is Cc1cc(F)ccc1-c1cc(C2=CCSCC2)ncc1N(C)C(=O)C(C)(C)c1cc(C(F)(F)F)cc(C(F)(F)F)c1. The zero-order valence-electron chi connectivity index (χ0n) is 22.7. The van der Waals surface area contributed by atoms with E-state index in [0.29, 0.717) is 34.5 Å². The van der Waals surface area contributed by atoms with Crippen molar-refractivity contribution in [2.75, 3.05) is 23.5 Å². The lowest BCUT2D eigenvalue weighted by Crippen LogP contribution is -2.42. The molecule has 3 aromatic rings. The summed E-state index contributed by atoms with van der Waals surface area (Å²) < 4.78 is 95.2. The third-order valence-electron chi connectivity index (χ3n) is 7.16. The van der Waals surface area contributed by atoms with Gasteiger partial charge < -0.3 is 4.90 Å². The van der Waals surface area contributed by atoms with Crippen molar-refractivity contribution in [3.8, 4) is 11.1 Å². The van der Waals surface area contributed by atoms with Crippen molar-refractivity contribution in [1.82, 2.24) is 4.98 Å². The summed E-state index contributed by atoms with van der Waals surface area (Å²) in [5, 5.41) is 0. The topological polar surface area (TPSA) is 33.2 Å². The van der Waals surface area contributed by atoms with Gasteiger partial charge in [-0.2, -0.15) is 38.1 Å². The van der Waals surface area contributed by atoms with Crippen LogP contribution in [0.15, 0.2) is 54.7 Å². The van der Waals surface area contributed by atoms with Crippen molar-refractivity contribution < 1.29 is 35.5 Å². The number of amides is 1. The minimum Gasteiger partial charge on any atom is -0.313 e. The minimum atomic E-state index is -5.06. The van der Waals surface area contributed by atoms with Gasteiger partial charge in [-0.25, -0.2) is 4.39 Å². The van der Waals surface area contributed by atoms with Crippen LogP contribution in [0.5, 0.6) is 0 Å². The van der Waals surface area contributed by atoms with Gasteiger partial charge in [0.1, 0.15) is 5.82 Å². The van der Waals surface area contributed by atoms with E-state index in [1.54, 1.807) is 30.8 Å². The summed E-state index contributed by atoms with van der Waals surface area (Å²) in [6.07, 6.45) is -5.82. The molecule has 0 fully saturated rings. The van der Waals surface area contributed by atoms with Crippen LogP contribution in [0.1, 0.15) is 48.2 Å². The van der Waals surface area contributed by atoms with Gasteiger partial charge in [0.15, 0.2) is 0 Å². The van der Waals surface area contributed by atoms with E-state index in [1.807, 2.05) is 0 Å². The molecule has 4 rings (SSSR count). The van der Waals surface area contributed by atoms with Crippen LogP contribution < -0.4 is 4.90 Å². The maximum atomic E-state index is 13.9. The molecule has 0 saturated carbocycles. The fourth-order valence-electron chi connectivity index (χ4n) is 4.76. The number of alkyl halides is 6.